The average Bonchev–Trinajstić information content (AvgIpc) is 2.70. The van der Waals surface area contributed by atoms with Crippen LogP contribution >= 0.6 is 0 Å². The zero-order valence-corrected chi connectivity index (χ0v) is 17.3. The molecular weight excluding hydrogens is 401 g/mol. The number of ether oxygens (including phenoxy) is 2. The van der Waals surface area contributed by atoms with Crippen LogP contribution in [0.25, 0.3) is 0 Å². The van der Waals surface area contributed by atoms with E-state index in [1.165, 1.54) is 26.2 Å². The summed E-state index contributed by atoms with van der Waals surface area (Å²) in [6.07, 6.45) is 0. The summed E-state index contributed by atoms with van der Waals surface area (Å²) in [5.41, 5.74) is 0.185. The highest BCUT2D eigenvalue weighted by Crippen LogP contribution is 2.20. The van der Waals surface area contributed by atoms with Gasteiger partial charge in [0.15, 0.2) is 0 Å². The third-order valence-electron chi connectivity index (χ3n) is 3.89. The fourth-order valence-electron chi connectivity index (χ4n) is 2.33. The van der Waals surface area contributed by atoms with Crippen molar-refractivity contribution in [3.63, 3.8) is 0 Å². The first-order chi connectivity index (χ1) is 13.7. The van der Waals surface area contributed by atoms with Gasteiger partial charge >= 0.3 is 10.2 Å². The number of carbonyl (C=O) groups excluding carboxylic acids is 1. The Kier molecular flexibility index (Phi) is 7.80. The first-order valence-corrected chi connectivity index (χ1v) is 10.1. The molecule has 0 unspecified atom stereocenters. The number of anilines is 1. The maximum Gasteiger partial charge on any atom is 0.304 e. The van der Waals surface area contributed by atoms with Gasteiger partial charge in [-0.25, -0.2) is 8.70 Å². The summed E-state index contributed by atoms with van der Waals surface area (Å²) in [4.78, 5) is 12.3. The molecule has 2 rings (SSSR count). The summed E-state index contributed by atoms with van der Waals surface area (Å²) in [5, 5.41) is 2.61. The predicted molar refractivity (Wildman–Crippen MR) is 108 cm³/mol. The second-order valence-electron chi connectivity index (χ2n) is 6.15. The summed E-state index contributed by atoms with van der Waals surface area (Å²) in [6.45, 7) is -0.0616. The zero-order valence-electron chi connectivity index (χ0n) is 16.5. The monoisotopic (exact) mass is 425 g/mol. The highest BCUT2D eigenvalue weighted by molar-refractivity contribution is 7.90. The predicted octanol–water partition coefficient (Wildman–Crippen LogP) is 1.64. The molecule has 2 aromatic rings. The molecule has 0 aromatic heterocycles. The lowest BCUT2D eigenvalue weighted by Gasteiger charge is -2.26. The SMILES string of the molecule is COc1ccc(OCCNC(=O)CN(c2ccc(F)cc2)S(=O)(=O)N(C)C)cc1. The molecule has 1 N–H and O–H groups in total. The average molecular weight is 425 g/mol. The lowest BCUT2D eigenvalue weighted by atomic mass is 10.3. The fraction of sp³-hybridized carbons (Fsp3) is 0.316. The molecule has 0 fully saturated rings. The quantitative estimate of drug-likeness (QED) is 0.585. The molecule has 0 heterocycles. The van der Waals surface area contributed by atoms with Crippen molar-refractivity contribution in [3.8, 4) is 11.5 Å². The molecule has 2 aromatic carbocycles. The highest BCUT2D eigenvalue weighted by atomic mass is 32.2. The summed E-state index contributed by atoms with van der Waals surface area (Å²) in [5.74, 6) is 0.297. The topological polar surface area (TPSA) is 88.2 Å². The third kappa shape index (κ3) is 6.33. The van der Waals surface area contributed by atoms with Gasteiger partial charge in [0.1, 0.15) is 30.5 Å². The van der Waals surface area contributed by atoms with Crippen molar-refractivity contribution in [1.82, 2.24) is 9.62 Å². The van der Waals surface area contributed by atoms with Crippen LogP contribution < -0.4 is 19.1 Å². The van der Waals surface area contributed by atoms with E-state index in [2.05, 4.69) is 5.32 Å². The van der Waals surface area contributed by atoms with E-state index in [0.29, 0.717) is 11.5 Å². The van der Waals surface area contributed by atoms with Crippen molar-refractivity contribution in [3.05, 3.63) is 54.3 Å². The van der Waals surface area contributed by atoms with E-state index in [-0.39, 0.29) is 18.8 Å². The van der Waals surface area contributed by atoms with Crippen LogP contribution in [0.15, 0.2) is 48.5 Å². The maximum absolute atomic E-state index is 13.2. The Morgan fingerprint density at radius 2 is 1.62 bits per heavy atom. The van der Waals surface area contributed by atoms with Gasteiger partial charge in [0, 0.05) is 14.1 Å². The number of rotatable bonds is 10. The second kappa shape index (κ2) is 10.1. The summed E-state index contributed by atoms with van der Waals surface area (Å²) in [7, 11) is 0.334. The van der Waals surface area contributed by atoms with E-state index in [1.807, 2.05) is 0 Å². The van der Waals surface area contributed by atoms with Crippen LogP contribution in [-0.2, 0) is 15.0 Å². The van der Waals surface area contributed by atoms with Gasteiger partial charge in [0.25, 0.3) is 0 Å². The van der Waals surface area contributed by atoms with Gasteiger partial charge in [0.2, 0.25) is 5.91 Å². The molecule has 0 aliphatic rings. The number of nitrogens with zero attached hydrogens (tertiary/aromatic N) is 2. The number of hydrogen-bond acceptors (Lipinski definition) is 5. The van der Waals surface area contributed by atoms with Gasteiger partial charge in [-0.2, -0.15) is 12.7 Å². The molecule has 0 saturated heterocycles. The number of amides is 1. The van der Waals surface area contributed by atoms with Crippen LogP contribution in [0.5, 0.6) is 11.5 Å². The number of benzene rings is 2. The van der Waals surface area contributed by atoms with Gasteiger partial charge in [-0.15, -0.1) is 0 Å². The second-order valence-corrected chi connectivity index (χ2v) is 8.21. The minimum Gasteiger partial charge on any atom is -0.497 e. The molecule has 0 spiro atoms. The Hall–Kier alpha value is -2.85. The van der Waals surface area contributed by atoms with E-state index in [4.69, 9.17) is 9.47 Å². The van der Waals surface area contributed by atoms with Gasteiger partial charge in [-0.05, 0) is 48.5 Å². The van der Waals surface area contributed by atoms with Crippen LogP contribution in [-0.4, -0.2) is 59.5 Å². The number of hydrogen-bond donors (Lipinski definition) is 1. The smallest absolute Gasteiger partial charge is 0.304 e. The zero-order chi connectivity index (χ0) is 21.4. The van der Waals surface area contributed by atoms with Crippen LogP contribution in [0.2, 0.25) is 0 Å². The normalized spacial score (nSPS) is 11.2. The number of carbonyl (C=O) groups is 1. The summed E-state index contributed by atoms with van der Waals surface area (Å²) < 4.78 is 50.8. The van der Waals surface area contributed by atoms with Gasteiger partial charge in [0.05, 0.1) is 19.3 Å². The molecule has 0 radical (unpaired) electrons. The largest absolute Gasteiger partial charge is 0.497 e. The van der Waals surface area contributed by atoms with Crippen LogP contribution in [0, 0.1) is 5.82 Å². The summed E-state index contributed by atoms with van der Waals surface area (Å²) in [6, 6.07) is 11.8. The molecule has 8 nitrogen and oxygen atoms in total. The van der Waals surface area contributed by atoms with Crippen molar-refractivity contribution >= 4 is 21.8 Å². The van der Waals surface area contributed by atoms with E-state index in [9.17, 15) is 17.6 Å². The lowest BCUT2D eigenvalue weighted by Crippen LogP contribution is -2.46. The molecular formula is C19H24FN3O5S. The minimum atomic E-state index is -3.94. The fourth-order valence-corrected chi connectivity index (χ4v) is 3.39. The third-order valence-corrected chi connectivity index (χ3v) is 5.71. The molecule has 1 amide bonds. The van der Waals surface area contributed by atoms with Crippen LogP contribution in [0.4, 0.5) is 10.1 Å². The number of halogens is 1. The first-order valence-electron chi connectivity index (χ1n) is 8.73. The number of nitrogens with one attached hydrogen (secondary N) is 1. The van der Waals surface area contributed by atoms with Crippen molar-refractivity contribution in [2.75, 3.05) is 45.2 Å². The Bertz CT molecular complexity index is 902. The molecule has 0 saturated carbocycles. The Morgan fingerprint density at radius 3 is 2.17 bits per heavy atom. The molecule has 29 heavy (non-hydrogen) atoms. The maximum atomic E-state index is 13.2. The van der Waals surface area contributed by atoms with E-state index in [0.717, 1.165) is 20.7 Å². The van der Waals surface area contributed by atoms with Crippen LogP contribution in [0.1, 0.15) is 0 Å². The van der Waals surface area contributed by atoms with Crippen molar-refractivity contribution in [2.45, 2.75) is 0 Å². The molecule has 0 aliphatic heterocycles. The Morgan fingerprint density at radius 1 is 1.03 bits per heavy atom. The highest BCUT2D eigenvalue weighted by Gasteiger charge is 2.27. The standard InChI is InChI=1S/C19H24FN3O5S/c1-22(2)29(25,26)23(16-6-4-15(20)5-7-16)14-19(24)21-12-13-28-18-10-8-17(27-3)9-11-18/h4-11H,12-14H2,1-3H3,(H,21,24). The molecule has 158 valence electrons. The molecule has 0 aliphatic carbocycles. The van der Waals surface area contributed by atoms with Gasteiger partial charge in [-0.3, -0.25) is 4.79 Å². The van der Waals surface area contributed by atoms with Crippen molar-refractivity contribution < 1.29 is 27.1 Å². The first kappa shape index (κ1) is 22.4. The Balaban J connectivity index is 1.94. The van der Waals surface area contributed by atoms with Crippen LogP contribution in [0.3, 0.4) is 0 Å². The lowest BCUT2D eigenvalue weighted by molar-refractivity contribution is -0.119. The van der Waals surface area contributed by atoms with Crippen molar-refractivity contribution in [1.29, 1.82) is 0 Å². The van der Waals surface area contributed by atoms with Gasteiger partial charge in [-0.1, -0.05) is 0 Å². The number of methoxy groups -OCH3 is 1. The van der Waals surface area contributed by atoms with E-state index in [1.54, 1.807) is 31.4 Å². The van der Waals surface area contributed by atoms with E-state index >= 15 is 0 Å². The van der Waals surface area contributed by atoms with Gasteiger partial charge < -0.3 is 14.8 Å². The minimum absolute atomic E-state index is 0.185. The van der Waals surface area contributed by atoms with Crippen molar-refractivity contribution in [2.24, 2.45) is 0 Å². The molecule has 10 heteroatoms. The summed E-state index contributed by atoms with van der Waals surface area (Å²) >= 11 is 0. The molecule has 0 bridgehead atoms. The molecule has 0 atom stereocenters. The van der Waals surface area contributed by atoms with E-state index < -0.39 is 28.5 Å². The Labute approximate surface area is 170 Å².